The quantitative estimate of drug-likeness (QED) is 0.647. The van der Waals surface area contributed by atoms with Crippen molar-refractivity contribution in [2.24, 2.45) is 5.73 Å². The number of hydrogen-bond acceptors (Lipinski definition) is 4. The van der Waals surface area contributed by atoms with Gasteiger partial charge in [0.1, 0.15) is 6.04 Å². The minimum Gasteiger partial charge on any atom is -0.480 e. The Bertz CT molecular complexity index is 671. The second-order valence-corrected chi connectivity index (χ2v) is 4.58. The number of nitrogens with zero attached hydrogens (tertiary/aromatic N) is 1. The molecule has 0 amide bonds. The van der Waals surface area contributed by atoms with E-state index in [-0.39, 0.29) is 12.1 Å². The number of carboxylic acid groups (broad SMARTS) is 1. The molecule has 6 nitrogen and oxygen atoms in total. The molecule has 1 atom stereocenters. The molecule has 0 aromatic heterocycles. The third-order valence-electron chi connectivity index (χ3n) is 3.14. The number of rotatable bonds is 5. The fraction of sp³-hybridized carbons (Fsp3) is 0.133. The Morgan fingerprint density at radius 1 is 1.19 bits per heavy atom. The van der Waals surface area contributed by atoms with Crippen LogP contribution in [-0.2, 0) is 11.2 Å². The average molecular weight is 286 g/mol. The van der Waals surface area contributed by atoms with E-state index in [9.17, 15) is 14.9 Å². The molecule has 21 heavy (non-hydrogen) atoms. The van der Waals surface area contributed by atoms with Crippen LogP contribution in [0.2, 0.25) is 0 Å². The van der Waals surface area contributed by atoms with Gasteiger partial charge in [-0.1, -0.05) is 42.5 Å². The van der Waals surface area contributed by atoms with Gasteiger partial charge in [0.15, 0.2) is 0 Å². The molecule has 2 aromatic carbocycles. The van der Waals surface area contributed by atoms with Crippen molar-refractivity contribution >= 4 is 11.7 Å². The Morgan fingerprint density at radius 2 is 1.86 bits per heavy atom. The van der Waals surface area contributed by atoms with Gasteiger partial charge in [-0.3, -0.25) is 14.9 Å². The van der Waals surface area contributed by atoms with Gasteiger partial charge in [-0.05, 0) is 17.5 Å². The Hall–Kier alpha value is -2.73. The molecule has 2 rings (SSSR count). The number of hydrogen-bond donors (Lipinski definition) is 2. The molecular formula is C15H14N2O4. The second kappa shape index (κ2) is 6.15. The number of carboxylic acids is 1. The molecular weight excluding hydrogens is 272 g/mol. The summed E-state index contributed by atoms with van der Waals surface area (Å²) in [5.74, 6) is -1.14. The molecule has 0 spiro atoms. The molecule has 0 saturated carbocycles. The van der Waals surface area contributed by atoms with Crippen molar-refractivity contribution in [3.8, 4) is 11.1 Å². The second-order valence-electron chi connectivity index (χ2n) is 4.58. The monoisotopic (exact) mass is 286 g/mol. The lowest BCUT2D eigenvalue weighted by atomic mass is 9.94. The number of nitrogens with two attached hydrogens (primary N) is 1. The number of nitro groups is 1. The highest BCUT2D eigenvalue weighted by Gasteiger charge is 2.22. The van der Waals surface area contributed by atoms with E-state index in [2.05, 4.69) is 0 Å². The van der Waals surface area contributed by atoms with Crippen molar-refractivity contribution in [2.75, 3.05) is 0 Å². The van der Waals surface area contributed by atoms with Crippen LogP contribution in [0.25, 0.3) is 11.1 Å². The van der Waals surface area contributed by atoms with E-state index in [1.165, 1.54) is 12.1 Å². The van der Waals surface area contributed by atoms with Gasteiger partial charge in [-0.25, -0.2) is 0 Å². The third-order valence-corrected chi connectivity index (χ3v) is 3.14. The number of carbonyl (C=O) groups is 1. The van der Waals surface area contributed by atoms with Crippen molar-refractivity contribution in [3.05, 3.63) is 64.2 Å². The fourth-order valence-electron chi connectivity index (χ4n) is 2.17. The average Bonchev–Trinajstić information content (AvgIpc) is 2.47. The van der Waals surface area contributed by atoms with E-state index in [1.807, 2.05) is 0 Å². The molecule has 0 aliphatic heterocycles. The Labute approximate surface area is 121 Å². The Morgan fingerprint density at radius 3 is 2.43 bits per heavy atom. The van der Waals surface area contributed by atoms with Crippen molar-refractivity contribution in [1.82, 2.24) is 0 Å². The predicted molar refractivity (Wildman–Crippen MR) is 77.8 cm³/mol. The minimum absolute atomic E-state index is 0.0290. The van der Waals surface area contributed by atoms with Crippen LogP contribution >= 0.6 is 0 Å². The third kappa shape index (κ3) is 3.24. The van der Waals surface area contributed by atoms with Gasteiger partial charge in [0.05, 0.1) is 10.5 Å². The van der Waals surface area contributed by atoms with E-state index in [4.69, 9.17) is 10.8 Å². The van der Waals surface area contributed by atoms with Crippen LogP contribution in [0.15, 0.2) is 48.5 Å². The normalized spacial score (nSPS) is 11.9. The van der Waals surface area contributed by atoms with Gasteiger partial charge in [0.2, 0.25) is 0 Å². The maximum atomic E-state index is 11.2. The van der Waals surface area contributed by atoms with Crippen LogP contribution < -0.4 is 5.73 Å². The van der Waals surface area contributed by atoms with E-state index in [0.29, 0.717) is 16.7 Å². The summed E-state index contributed by atoms with van der Waals surface area (Å²) < 4.78 is 0. The number of aliphatic carboxylic acids is 1. The first kappa shape index (κ1) is 14.7. The lowest BCUT2D eigenvalue weighted by molar-refractivity contribution is -0.384. The molecule has 0 aliphatic rings. The summed E-state index contributed by atoms with van der Waals surface area (Å²) in [6.45, 7) is 0. The molecule has 108 valence electrons. The van der Waals surface area contributed by atoms with Gasteiger partial charge in [-0.2, -0.15) is 0 Å². The van der Waals surface area contributed by atoms with E-state index < -0.39 is 16.9 Å². The molecule has 2 aromatic rings. The largest absolute Gasteiger partial charge is 0.480 e. The highest BCUT2D eigenvalue weighted by atomic mass is 16.6. The highest BCUT2D eigenvalue weighted by molar-refractivity contribution is 5.79. The van der Waals surface area contributed by atoms with Gasteiger partial charge in [0, 0.05) is 6.07 Å². The summed E-state index contributed by atoms with van der Waals surface area (Å²) in [5.41, 5.74) is 7.12. The van der Waals surface area contributed by atoms with E-state index >= 15 is 0 Å². The van der Waals surface area contributed by atoms with Crippen LogP contribution in [0.5, 0.6) is 0 Å². The summed E-state index contributed by atoms with van der Waals surface area (Å²) in [5, 5.41) is 20.1. The molecule has 0 saturated heterocycles. The smallest absolute Gasteiger partial charge is 0.320 e. The highest BCUT2D eigenvalue weighted by Crippen LogP contribution is 2.33. The summed E-state index contributed by atoms with van der Waals surface area (Å²) in [6, 6.07) is 12.3. The van der Waals surface area contributed by atoms with Crippen LogP contribution in [-0.4, -0.2) is 22.0 Å². The van der Waals surface area contributed by atoms with Crippen molar-refractivity contribution in [1.29, 1.82) is 0 Å². The Balaban J connectivity index is 2.58. The maximum absolute atomic E-state index is 11.2. The molecule has 1 unspecified atom stereocenters. The summed E-state index contributed by atoms with van der Waals surface area (Å²) in [6.07, 6.45) is 0.0290. The standard InChI is InChI=1S/C15H14N2O4/c16-12(15(18)19)9-11-7-4-8-13(17(20)21)14(11)10-5-2-1-3-6-10/h1-8,12H,9,16H2,(H,18,19). The molecule has 6 heteroatoms. The first-order chi connectivity index (χ1) is 10.0. The van der Waals surface area contributed by atoms with Crippen molar-refractivity contribution < 1.29 is 14.8 Å². The number of benzene rings is 2. The van der Waals surface area contributed by atoms with Gasteiger partial charge < -0.3 is 10.8 Å². The Kier molecular flexibility index (Phi) is 4.30. The van der Waals surface area contributed by atoms with Crippen LogP contribution in [0, 0.1) is 10.1 Å². The maximum Gasteiger partial charge on any atom is 0.320 e. The van der Waals surface area contributed by atoms with Gasteiger partial charge in [0.25, 0.3) is 5.69 Å². The molecule has 0 aliphatic carbocycles. The zero-order chi connectivity index (χ0) is 15.4. The zero-order valence-corrected chi connectivity index (χ0v) is 11.1. The first-order valence-electron chi connectivity index (χ1n) is 6.30. The summed E-state index contributed by atoms with van der Waals surface area (Å²) >= 11 is 0. The minimum atomic E-state index is -1.14. The lowest BCUT2D eigenvalue weighted by Crippen LogP contribution is -2.32. The molecule has 0 heterocycles. The van der Waals surface area contributed by atoms with E-state index in [1.54, 1.807) is 36.4 Å². The van der Waals surface area contributed by atoms with Gasteiger partial charge in [-0.15, -0.1) is 0 Å². The SMILES string of the molecule is NC(Cc1cccc([N+](=O)[O-])c1-c1ccccc1)C(=O)O. The van der Waals surface area contributed by atoms with Gasteiger partial charge >= 0.3 is 5.97 Å². The fourth-order valence-corrected chi connectivity index (χ4v) is 2.17. The van der Waals surface area contributed by atoms with Crippen LogP contribution in [0.3, 0.4) is 0 Å². The predicted octanol–water partition coefficient (Wildman–Crippen LogP) is 2.22. The first-order valence-corrected chi connectivity index (χ1v) is 6.30. The molecule has 0 radical (unpaired) electrons. The number of nitro benzene ring substituents is 1. The zero-order valence-electron chi connectivity index (χ0n) is 11.1. The summed E-state index contributed by atoms with van der Waals surface area (Å²) in [4.78, 5) is 21.7. The van der Waals surface area contributed by atoms with E-state index in [0.717, 1.165) is 0 Å². The van der Waals surface area contributed by atoms with Crippen molar-refractivity contribution in [2.45, 2.75) is 12.5 Å². The molecule has 3 N–H and O–H groups in total. The molecule has 0 bridgehead atoms. The topological polar surface area (TPSA) is 106 Å². The lowest BCUT2D eigenvalue weighted by Gasteiger charge is -2.12. The van der Waals surface area contributed by atoms with Crippen LogP contribution in [0.4, 0.5) is 5.69 Å². The van der Waals surface area contributed by atoms with Crippen LogP contribution in [0.1, 0.15) is 5.56 Å². The molecule has 0 fully saturated rings. The van der Waals surface area contributed by atoms with Crippen molar-refractivity contribution in [3.63, 3.8) is 0 Å². The summed E-state index contributed by atoms with van der Waals surface area (Å²) in [7, 11) is 0.